The zero-order valence-corrected chi connectivity index (χ0v) is 10.8. The molecule has 0 spiro atoms. The number of rotatable bonds is 3. The van der Waals surface area contributed by atoms with Crippen molar-refractivity contribution in [3.05, 3.63) is 18.2 Å². The average Bonchev–Trinajstić information content (AvgIpc) is 2.31. The lowest BCUT2D eigenvalue weighted by molar-refractivity contribution is -0.138. The molecule has 1 aliphatic rings. The zero-order valence-electron chi connectivity index (χ0n) is 10.8. The number of carbonyl (C=O) groups excluding carboxylic acids is 1. The summed E-state index contributed by atoms with van der Waals surface area (Å²) in [6.07, 6.45) is -0.686. The summed E-state index contributed by atoms with van der Waals surface area (Å²) in [4.78, 5) is 24.4. The molecule has 0 saturated carbocycles. The van der Waals surface area contributed by atoms with E-state index in [1.165, 1.54) is 4.90 Å². The molecule has 1 aromatic rings. The van der Waals surface area contributed by atoms with Gasteiger partial charge in [-0.05, 0) is 18.1 Å². The van der Waals surface area contributed by atoms with Crippen LogP contribution in [0.3, 0.4) is 0 Å². The summed E-state index contributed by atoms with van der Waals surface area (Å²) in [6.45, 7) is 3.27. The molecule has 1 aromatic carbocycles. The van der Waals surface area contributed by atoms with Crippen molar-refractivity contribution in [2.75, 3.05) is 17.2 Å². The number of hydrogen-bond acceptors (Lipinski definition) is 4. The quantitative estimate of drug-likeness (QED) is 0.797. The third-order valence-electron chi connectivity index (χ3n) is 2.96. The van der Waals surface area contributed by atoms with E-state index in [4.69, 9.17) is 15.6 Å². The summed E-state index contributed by atoms with van der Waals surface area (Å²) < 4.78 is 5.63. The van der Waals surface area contributed by atoms with Crippen molar-refractivity contribution in [1.29, 1.82) is 0 Å². The first kappa shape index (κ1) is 13.2. The molecule has 102 valence electrons. The number of amides is 1. The van der Waals surface area contributed by atoms with E-state index in [0.29, 0.717) is 17.1 Å². The standard InChI is InChI=1S/C13H16N2O4/c1-7(2)12-13(18)15(6-10(16)17)11-8(14)4-3-5-9(11)19-12/h3-5,7,12H,6,14H2,1-2H3,(H,16,17). The molecule has 1 amide bonds. The molecule has 6 nitrogen and oxygen atoms in total. The molecule has 0 aromatic heterocycles. The van der Waals surface area contributed by atoms with Gasteiger partial charge in [-0.1, -0.05) is 19.9 Å². The smallest absolute Gasteiger partial charge is 0.323 e. The van der Waals surface area contributed by atoms with E-state index in [2.05, 4.69) is 0 Å². The average molecular weight is 264 g/mol. The number of carboxylic acid groups (broad SMARTS) is 1. The molecule has 0 aliphatic carbocycles. The highest BCUT2D eigenvalue weighted by Gasteiger charge is 2.38. The van der Waals surface area contributed by atoms with Crippen LogP contribution in [-0.2, 0) is 9.59 Å². The van der Waals surface area contributed by atoms with Crippen LogP contribution in [0, 0.1) is 5.92 Å². The van der Waals surface area contributed by atoms with Crippen molar-refractivity contribution < 1.29 is 19.4 Å². The van der Waals surface area contributed by atoms with Crippen LogP contribution >= 0.6 is 0 Å². The minimum absolute atomic E-state index is 0.0571. The lowest BCUT2D eigenvalue weighted by atomic mass is 10.0. The molecule has 1 atom stereocenters. The normalized spacial score (nSPS) is 18.2. The second-order valence-electron chi connectivity index (χ2n) is 4.79. The summed E-state index contributed by atoms with van der Waals surface area (Å²) in [6, 6.07) is 5.00. The lowest BCUT2D eigenvalue weighted by Crippen LogP contribution is -2.50. The SMILES string of the molecule is CC(C)C1Oc2cccc(N)c2N(CC(=O)O)C1=O. The Morgan fingerprint density at radius 3 is 2.79 bits per heavy atom. The third kappa shape index (κ3) is 2.33. The predicted octanol–water partition coefficient (Wildman–Crippen LogP) is 1.10. The summed E-state index contributed by atoms with van der Waals surface area (Å²) in [5.41, 5.74) is 6.49. The molecule has 1 unspecified atom stereocenters. The van der Waals surface area contributed by atoms with Crippen LogP contribution in [0.5, 0.6) is 5.75 Å². The minimum Gasteiger partial charge on any atom is -0.480 e. The van der Waals surface area contributed by atoms with Crippen molar-refractivity contribution in [2.24, 2.45) is 5.92 Å². The number of para-hydroxylation sites is 1. The lowest BCUT2D eigenvalue weighted by Gasteiger charge is -2.35. The summed E-state index contributed by atoms with van der Waals surface area (Å²) in [7, 11) is 0. The number of fused-ring (bicyclic) bond motifs is 1. The Morgan fingerprint density at radius 2 is 2.21 bits per heavy atom. The molecular formula is C13H16N2O4. The number of carbonyl (C=O) groups is 2. The number of aliphatic carboxylic acids is 1. The Bertz CT molecular complexity index is 527. The highest BCUT2D eigenvalue weighted by molar-refractivity contribution is 6.05. The van der Waals surface area contributed by atoms with E-state index in [-0.39, 0.29) is 11.8 Å². The van der Waals surface area contributed by atoms with Gasteiger partial charge in [0.2, 0.25) is 0 Å². The van der Waals surface area contributed by atoms with Crippen molar-refractivity contribution in [1.82, 2.24) is 0 Å². The fraction of sp³-hybridized carbons (Fsp3) is 0.385. The number of hydrogen-bond donors (Lipinski definition) is 2. The molecule has 0 saturated heterocycles. The van der Waals surface area contributed by atoms with Gasteiger partial charge in [-0.2, -0.15) is 0 Å². The van der Waals surface area contributed by atoms with E-state index in [9.17, 15) is 9.59 Å². The van der Waals surface area contributed by atoms with Gasteiger partial charge < -0.3 is 15.6 Å². The zero-order chi connectivity index (χ0) is 14.2. The minimum atomic E-state index is -1.09. The molecule has 3 N–H and O–H groups in total. The summed E-state index contributed by atoms with van der Waals surface area (Å²) in [5, 5.41) is 8.95. The molecule has 0 bridgehead atoms. The maximum Gasteiger partial charge on any atom is 0.323 e. The second kappa shape index (κ2) is 4.79. The number of anilines is 2. The number of carboxylic acids is 1. The van der Waals surface area contributed by atoms with Crippen LogP contribution < -0.4 is 15.4 Å². The van der Waals surface area contributed by atoms with Crippen molar-refractivity contribution in [2.45, 2.75) is 20.0 Å². The molecule has 1 heterocycles. The molecule has 0 radical (unpaired) electrons. The molecule has 2 rings (SSSR count). The Kier molecular flexibility index (Phi) is 3.33. The van der Waals surface area contributed by atoms with Crippen LogP contribution in [0.15, 0.2) is 18.2 Å². The van der Waals surface area contributed by atoms with Gasteiger partial charge >= 0.3 is 5.97 Å². The predicted molar refractivity (Wildman–Crippen MR) is 70.1 cm³/mol. The maximum atomic E-state index is 12.3. The van der Waals surface area contributed by atoms with E-state index < -0.39 is 18.6 Å². The van der Waals surface area contributed by atoms with Crippen LogP contribution in [-0.4, -0.2) is 29.6 Å². The molecule has 1 aliphatic heterocycles. The highest BCUT2D eigenvalue weighted by Crippen LogP contribution is 2.39. The van der Waals surface area contributed by atoms with Crippen LogP contribution in [0.1, 0.15) is 13.8 Å². The van der Waals surface area contributed by atoms with Gasteiger partial charge in [-0.25, -0.2) is 0 Å². The Morgan fingerprint density at radius 1 is 1.53 bits per heavy atom. The van der Waals surface area contributed by atoms with Crippen LogP contribution in [0.4, 0.5) is 11.4 Å². The fourth-order valence-corrected chi connectivity index (χ4v) is 2.09. The van der Waals surface area contributed by atoms with E-state index in [1.807, 2.05) is 13.8 Å². The molecule has 19 heavy (non-hydrogen) atoms. The van der Waals surface area contributed by atoms with Gasteiger partial charge in [0.25, 0.3) is 5.91 Å². The fourth-order valence-electron chi connectivity index (χ4n) is 2.09. The largest absolute Gasteiger partial charge is 0.480 e. The van der Waals surface area contributed by atoms with Gasteiger partial charge in [-0.15, -0.1) is 0 Å². The van der Waals surface area contributed by atoms with E-state index >= 15 is 0 Å². The Hall–Kier alpha value is -2.24. The van der Waals surface area contributed by atoms with Gasteiger partial charge in [0.1, 0.15) is 18.0 Å². The summed E-state index contributed by atoms with van der Waals surface area (Å²) in [5.74, 6) is -1.08. The van der Waals surface area contributed by atoms with Gasteiger partial charge in [0.15, 0.2) is 6.10 Å². The highest BCUT2D eigenvalue weighted by atomic mass is 16.5. The number of nitrogens with zero attached hydrogens (tertiary/aromatic N) is 1. The topological polar surface area (TPSA) is 92.9 Å². The molecule has 0 fully saturated rings. The Balaban J connectivity index is 2.50. The van der Waals surface area contributed by atoms with Crippen LogP contribution in [0.2, 0.25) is 0 Å². The van der Waals surface area contributed by atoms with Crippen molar-refractivity contribution in [3.8, 4) is 5.75 Å². The second-order valence-corrected chi connectivity index (χ2v) is 4.79. The first-order valence-electron chi connectivity index (χ1n) is 6.00. The first-order chi connectivity index (χ1) is 8.91. The summed E-state index contributed by atoms with van der Waals surface area (Å²) >= 11 is 0. The molecular weight excluding hydrogens is 248 g/mol. The molecule has 6 heteroatoms. The van der Waals surface area contributed by atoms with E-state index in [1.54, 1.807) is 18.2 Å². The van der Waals surface area contributed by atoms with Gasteiger partial charge in [0, 0.05) is 0 Å². The van der Waals surface area contributed by atoms with Gasteiger partial charge in [-0.3, -0.25) is 14.5 Å². The first-order valence-corrected chi connectivity index (χ1v) is 6.00. The van der Waals surface area contributed by atoms with Crippen molar-refractivity contribution in [3.63, 3.8) is 0 Å². The maximum absolute atomic E-state index is 12.3. The number of nitrogen functional groups attached to an aromatic ring is 1. The van der Waals surface area contributed by atoms with E-state index in [0.717, 1.165) is 0 Å². The van der Waals surface area contributed by atoms with Crippen LogP contribution in [0.25, 0.3) is 0 Å². The van der Waals surface area contributed by atoms with Gasteiger partial charge in [0.05, 0.1) is 5.69 Å². The van der Waals surface area contributed by atoms with Crippen molar-refractivity contribution >= 4 is 23.3 Å². The third-order valence-corrected chi connectivity index (χ3v) is 2.96. The number of benzene rings is 1. The number of nitrogens with two attached hydrogens (primary N) is 1. The number of ether oxygens (including phenoxy) is 1. The monoisotopic (exact) mass is 264 g/mol. The Labute approximate surface area is 110 Å².